The highest BCUT2D eigenvalue weighted by Gasteiger charge is 2.08. The molecule has 1 rings (SSSR count). The predicted octanol–water partition coefficient (Wildman–Crippen LogP) is 1.95. The molecule has 1 N–H and O–H groups in total. The lowest BCUT2D eigenvalue weighted by Gasteiger charge is -2.19. The standard InChI is InChI=1S/C14H22N2O/c1-4-15-14(17)11-16(5-2)10-13-8-6-12(3)7-9-13/h6-9H,4-5,10-11H2,1-3H3,(H,15,17). The first-order valence-corrected chi connectivity index (χ1v) is 6.20. The average Bonchev–Trinajstić information content (AvgIpc) is 2.31. The van der Waals surface area contributed by atoms with E-state index >= 15 is 0 Å². The van der Waals surface area contributed by atoms with Crippen molar-refractivity contribution in [3.8, 4) is 0 Å². The van der Waals surface area contributed by atoms with Gasteiger partial charge in [0.15, 0.2) is 0 Å². The maximum atomic E-state index is 11.5. The third-order valence-corrected chi connectivity index (χ3v) is 2.72. The molecule has 0 spiro atoms. The zero-order valence-electron chi connectivity index (χ0n) is 11.0. The number of carbonyl (C=O) groups excluding carboxylic acids is 1. The molecule has 17 heavy (non-hydrogen) atoms. The first-order valence-electron chi connectivity index (χ1n) is 6.20. The minimum Gasteiger partial charge on any atom is -0.355 e. The first kappa shape index (κ1) is 13.7. The lowest BCUT2D eigenvalue weighted by Crippen LogP contribution is -2.36. The molecule has 0 heterocycles. The molecule has 0 bridgehead atoms. The molecule has 0 radical (unpaired) electrons. The van der Waals surface area contributed by atoms with Crippen molar-refractivity contribution in [1.29, 1.82) is 0 Å². The van der Waals surface area contributed by atoms with Gasteiger partial charge in [-0.1, -0.05) is 36.8 Å². The number of likely N-dealkylation sites (N-methyl/N-ethyl adjacent to an activating group) is 2. The van der Waals surface area contributed by atoms with Crippen molar-refractivity contribution in [2.45, 2.75) is 27.3 Å². The average molecular weight is 234 g/mol. The zero-order chi connectivity index (χ0) is 12.7. The van der Waals surface area contributed by atoms with Crippen LogP contribution in [-0.4, -0.2) is 30.4 Å². The number of hydrogen-bond donors (Lipinski definition) is 1. The number of nitrogens with one attached hydrogen (secondary N) is 1. The maximum absolute atomic E-state index is 11.5. The van der Waals surface area contributed by atoms with E-state index in [4.69, 9.17) is 0 Å². The van der Waals surface area contributed by atoms with E-state index in [9.17, 15) is 4.79 Å². The molecule has 1 aromatic carbocycles. The fourth-order valence-corrected chi connectivity index (χ4v) is 1.69. The predicted molar refractivity (Wildman–Crippen MR) is 70.8 cm³/mol. The number of carbonyl (C=O) groups is 1. The molecular formula is C14H22N2O. The highest BCUT2D eigenvalue weighted by atomic mass is 16.2. The van der Waals surface area contributed by atoms with E-state index in [1.165, 1.54) is 11.1 Å². The summed E-state index contributed by atoms with van der Waals surface area (Å²) in [6.07, 6.45) is 0. The Labute approximate surface area is 104 Å². The Morgan fingerprint density at radius 2 is 1.88 bits per heavy atom. The van der Waals surface area contributed by atoms with E-state index in [2.05, 4.69) is 48.3 Å². The van der Waals surface area contributed by atoms with Gasteiger partial charge in [-0.25, -0.2) is 0 Å². The SMILES string of the molecule is CCNC(=O)CN(CC)Cc1ccc(C)cc1. The van der Waals surface area contributed by atoms with E-state index in [1.54, 1.807) is 0 Å². The summed E-state index contributed by atoms with van der Waals surface area (Å²) in [5.41, 5.74) is 2.52. The monoisotopic (exact) mass is 234 g/mol. The van der Waals surface area contributed by atoms with Gasteiger partial charge in [-0.05, 0) is 26.0 Å². The van der Waals surface area contributed by atoms with Crippen LogP contribution in [0.2, 0.25) is 0 Å². The number of rotatable bonds is 6. The Morgan fingerprint density at radius 1 is 1.24 bits per heavy atom. The highest BCUT2D eigenvalue weighted by Crippen LogP contribution is 2.06. The molecule has 1 amide bonds. The Balaban J connectivity index is 2.51. The minimum atomic E-state index is 0.0986. The van der Waals surface area contributed by atoms with E-state index < -0.39 is 0 Å². The van der Waals surface area contributed by atoms with Crippen LogP contribution >= 0.6 is 0 Å². The van der Waals surface area contributed by atoms with E-state index in [1.807, 2.05) is 6.92 Å². The van der Waals surface area contributed by atoms with Gasteiger partial charge < -0.3 is 5.32 Å². The van der Waals surface area contributed by atoms with Crippen molar-refractivity contribution in [2.24, 2.45) is 0 Å². The van der Waals surface area contributed by atoms with Gasteiger partial charge in [0.1, 0.15) is 0 Å². The van der Waals surface area contributed by atoms with Crippen molar-refractivity contribution >= 4 is 5.91 Å². The van der Waals surface area contributed by atoms with Gasteiger partial charge in [-0.3, -0.25) is 9.69 Å². The van der Waals surface area contributed by atoms with Gasteiger partial charge in [0, 0.05) is 13.1 Å². The van der Waals surface area contributed by atoms with Gasteiger partial charge in [-0.2, -0.15) is 0 Å². The van der Waals surface area contributed by atoms with Crippen LogP contribution in [0.5, 0.6) is 0 Å². The second-order valence-corrected chi connectivity index (χ2v) is 4.24. The Kier molecular flexibility index (Phi) is 5.70. The topological polar surface area (TPSA) is 32.3 Å². The molecule has 0 atom stereocenters. The lowest BCUT2D eigenvalue weighted by molar-refractivity contribution is -0.122. The summed E-state index contributed by atoms with van der Waals surface area (Å²) in [4.78, 5) is 13.6. The summed E-state index contributed by atoms with van der Waals surface area (Å²) in [5.74, 6) is 0.0986. The Morgan fingerprint density at radius 3 is 2.41 bits per heavy atom. The molecule has 0 fully saturated rings. The van der Waals surface area contributed by atoms with Crippen molar-refractivity contribution < 1.29 is 4.79 Å². The Hall–Kier alpha value is -1.35. The quantitative estimate of drug-likeness (QED) is 0.816. The van der Waals surface area contributed by atoms with E-state index in [0.717, 1.165) is 13.1 Å². The number of amides is 1. The van der Waals surface area contributed by atoms with Gasteiger partial charge >= 0.3 is 0 Å². The third-order valence-electron chi connectivity index (χ3n) is 2.72. The van der Waals surface area contributed by atoms with Crippen LogP contribution in [0.25, 0.3) is 0 Å². The van der Waals surface area contributed by atoms with Gasteiger partial charge in [0.25, 0.3) is 0 Å². The minimum absolute atomic E-state index is 0.0986. The maximum Gasteiger partial charge on any atom is 0.234 e. The summed E-state index contributed by atoms with van der Waals surface area (Å²) in [6, 6.07) is 8.45. The number of hydrogen-bond acceptors (Lipinski definition) is 2. The fourth-order valence-electron chi connectivity index (χ4n) is 1.69. The summed E-state index contributed by atoms with van der Waals surface area (Å²) in [6.45, 7) is 8.97. The lowest BCUT2D eigenvalue weighted by atomic mass is 10.1. The molecule has 0 aliphatic carbocycles. The van der Waals surface area contributed by atoms with E-state index in [-0.39, 0.29) is 5.91 Å². The van der Waals surface area contributed by atoms with Crippen LogP contribution in [0, 0.1) is 6.92 Å². The van der Waals surface area contributed by atoms with Gasteiger partial charge in [0.05, 0.1) is 6.54 Å². The third kappa shape index (κ3) is 5.00. The number of nitrogens with zero attached hydrogens (tertiary/aromatic N) is 1. The molecule has 3 nitrogen and oxygen atoms in total. The van der Waals surface area contributed by atoms with Crippen LogP contribution in [-0.2, 0) is 11.3 Å². The molecule has 0 saturated carbocycles. The summed E-state index contributed by atoms with van der Waals surface area (Å²) < 4.78 is 0. The normalized spacial score (nSPS) is 10.6. The van der Waals surface area contributed by atoms with Crippen LogP contribution in [0.4, 0.5) is 0 Å². The molecule has 94 valence electrons. The van der Waals surface area contributed by atoms with Crippen LogP contribution in [0.3, 0.4) is 0 Å². The van der Waals surface area contributed by atoms with Crippen molar-refractivity contribution in [2.75, 3.05) is 19.6 Å². The van der Waals surface area contributed by atoms with Crippen LogP contribution in [0.15, 0.2) is 24.3 Å². The van der Waals surface area contributed by atoms with E-state index in [0.29, 0.717) is 13.1 Å². The molecular weight excluding hydrogens is 212 g/mol. The summed E-state index contributed by atoms with van der Waals surface area (Å²) >= 11 is 0. The molecule has 0 aliphatic heterocycles. The molecule has 3 heteroatoms. The molecule has 0 aromatic heterocycles. The van der Waals surface area contributed by atoms with Crippen LogP contribution < -0.4 is 5.32 Å². The zero-order valence-corrected chi connectivity index (χ0v) is 11.0. The van der Waals surface area contributed by atoms with Crippen molar-refractivity contribution in [3.63, 3.8) is 0 Å². The highest BCUT2D eigenvalue weighted by molar-refractivity contribution is 5.77. The summed E-state index contributed by atoms with van der Waals surface area (Å²) in [7, 11) is 0. The van der Waals surface area contributed by atoms with Crippen molar-refractivity contribution in [1.82, 2.24) is 10.2 Å². The largest absolute Gasteiger partial charge is 0.355 e. The van der Waals surface area contributed by atoms with Crippen molar-refractivity contribution in [3.05, 3.63) is 35.4 Å². The van der Waals surface area contributed by atoms with Gasteiger partial charge in [-0.15, -0.1) is 0 Å². The molecule has 1 aromatic rings. The molecule has 0 saturated heterocycles. The smallest absolute Gasteiger partial charge is 0.234 e. The second-order valence-electron chi connectivity index (χ2n) is 4.24. The number of benzene rings is 1. The first-order chi connectivity index (χ1) is 8.15. The second kappa shape index (κ2) is 7.07. The summed E-state index contributed by atoms with van der Waals surface area (Å²) in [5, 5.41) is 2.82. The van der Waals surface area contributed by atoms with Gasteiger partial charge in [0.2, 0.25) is 5.91 Å². The molecule has 0 unspecified atom stereocenters. The Bertz CT molecular complexity index is 346. The fraction of sp³-hybridized carbons (Fsp3) is 0.500. The number of aryl methyl sites for hydroxylation is 1. The molecule has 0 aliphatic rings. The van der Waals surface area contributed by atoms with Crippen LogP contribution in [0.1, 0.15) is 25.0 Å².